The number of benzene rings is 2. The van der Waals surface area contributed by atoms with E-state index in [4.69, 9.17) is 16.3 Å². The molecule has 2 aliphatic carbocycles. The van der Waals surface area contributed by atoms with E-state index in [-0.39, 0.29) is 40.2 Å². The summed E-state index contributed by atoms with van der Waals surface area (Å²) < 4.78 is 28.0. The molecule has 2 aromatic carbocycles. The van der Waals surface area contributed by atoms with E-state index in [1.165, 1.54) is 42.7 Å². The zero-order valence-corrected chi connectivity index (χ0v) is 24.5. The summed E-state index contributed by atoms with van der Waals surface area (Å²) in [5.74, 6) is -0.455. The standard InChI is InChI=1S/C29H33ClFN5O3S/c1-5-36(19-12-13-19)40-34-22-7-6-8-23(25(22)30)39-26-17(3)29(38)35(4)27(24(26)28(37)32-18-10-11-18)33-21-14-9-16(2)15-20(21)31/h6-9,14-15,18-19,33-34H,5,10-13H2,1-4H3,(H,32,37). The summed E-state index contributed by atoms with van der Waals surface area (Å²) in [5, 5.41) is 6.27. The maximum atomic E-state index is 14.8. The minimum Gasteiger partial charge on any atom is -0.454 e. The average Bonchev–Trinajstić information content (AvgIpc) is 3.85. The van der Waals surface area contributed by atoms with Crippen molar-refractivity contribution in [3.05, 3.63) is 74.3 Å². The van der Waals surface area contributed by atoms with Gasteiger partial charge in [0.15, 0.2) is 5.75 Å². The lowest BCUT2D eigenvalue weighted by molar-refractivity contribution is 0.0948. The third-order valence-corrected chi connectivity index (χ3v) is 8.49. The molecule has 2 fully saturated rings. The van der Waals surface area contributed by atoms with Gasteiger partial charge in [-0.1, -0.05) is 30.7 Å². The molecule has 1 aromatic heterocycles. The van der Waals surface area contributed by atoms with Crippen molar-refractivity contribution < 1.29 is 13.9 Å². The molecule has 11 heteroatoms. The Balaban J connectivity index is 1.55. The molecule has 8 nitrogen and oxygen atoms in total. The Hall–Kier alpha value is -3.21. The number of hydrogen-bond acceptors (Lipinski definition) is 7. The van der Waals surface area contributed by atoms with Gasteiger partial charge in [-0.2, -0.15) is 0 Å². The van der Waals surface area contributed by atoms with Crippen LogP contribution in [0.1, 0.15) is 54.1 Å². The van der Waals surface area contributed by atoms with E-state index in [1.54, 1.807) is 38.1 Å². The number of ether oxygens (including phenoxy) is 1. The highest BCUT2D eigenvalue weighted by molar-refractivity contribution is 7.98. The number of halogens is 2. The summed E-state index contributed by atoms with van der Waals surface area (Å²) in [5.41, 5.74) is 1.46. The predicted octanol–water partition coefficient (Wildman–Crippen LogP) is 6.68. The maximum Gasteiger partial charge on any atom is 0.259 e. The Morgan fingerprint density at radius 2 is 1.93 bits per heavy atom. The van der Waals surface area contributed by atoms with Crippen LogP contribution in [-0.4, -0.2) is 33.4 Å². The summed E-state index contributed by atoms with van der Waals surface area (Å²) >= 11 is 8.26. The second-order valence-corrected chi connectivity index (χ2v) is 11.5. The summed E-state index contributed by atoms with van der Waals surface area (Å²) in [6.07, 6.45) is 4.09. The summed E-state index contributed by atoms with van der Waals surface area (Å²) in [4.78, 5) is 26.9. The van der Waals surface area contributed by atoms with Gasteiger partial charge in [-0.15, -0.1) is 0 Å². The number of hydrogen-bond donors (Lipinski definition) is 3. The molecular weight excluding hydrogens is 553 g/mol. The maximum absolute atomic E-state index is 14.8. The molecule has 1 amide bonds. The van der Waals surface area contributed by atoms with Gasteiger partial charge in [0.1, 0.15) is 28.0 Å². The minimum atomic E-state index is -0.504. The third kappa shape index (κ3) is 6.09. The smallest absolute Gasteiger partial charge is 0.259 e. The lowest BCUT2D eigenvalue weighted by Crippen LogP contribution is -2.31. The first-order valence-corrected chi connectivity index (χ1v) is 14.6. The number of nitrogens with one attached hydrogen (secondary N) is 3. The Bertz CT molecular complexity index is 1510. The summed E-state index contributed by atoms with van der Waals surface area (Å²) in [6.45, 7) is 6.38. The van der Waals surface area contributed by atoms with Crippen molar-refractivity contribution in [1.29, 1.82) is 0 Å². The molecule has 5 rings (SSSR count). The van der Waals surface area contributed by atoms with Crippen LogP contribution in [0.5, 0.6) is 11.5 Å². The van der Waals surface area contributed by atoms with E-state index in [1.807, 2.05) is 6.07 Å². The van der Waals surface area contributed by atoms with Crippen LogP contribution in [0, 0.1) is 19.7 Å². The average molecular weight is 586 g/mol. The van der Waals surface area contributed by atoms with Crippen molar-refractivity contribution in [2.24, 2.45) is 7.05 Å². The highest BCUT2D eigenvalue weighted by Crippen LogP contribution is 2.41. The number of carbonyl (C=O) groups excluding carboxylic acids is 1. The first kappa shape index (κ1) is 28.3. The van der Waals surface area contributed by atoms with E-state index in [9.17, 15) is 14.0 Å². The van der Waals surface area contributed by atoms with E-state index in [0.717, 1.165) is 24.9 Å². The fourth-order valence-electron chi connectivity index (χ4n) is 4.38. The molecule has 40 heavy (non-hydrogen) atoms. The minimum absolute atomic E-state index is 0.0444. The van der Waals surface area contributed by atoms with Crippen LogP contribution in [0.15, 0.2) is 41.2 Å². The number of rotatable bonds is 11. The Labute approximate surface area is 242 Å². The highest BCUT2D eigenvalue weighted by Gasteiger charge is 2.31. The van der Waals surface area contributed by atoms with Gasteiger partial charge in [0, 0.05) is 37.8 Å². The molecular formula is C29H33ClFN5O3S. The molecule has 0 aliphatic heterocycles. The second-order valence-electron chi connectivity index (χ2n) is 10.3. The largest absolute Gasteiger partial charge is 0.454 e. The number of aryl methyl sites for hydroxylation is 1. The van der Waals surface area contributed by atoms with E-state index >= 15 is 0 Å². The molecule has 0 spiro atoms. The lowest BCUT2D eigenvalue weighted by Gasteiger charge is -2.22. The fraction of sp³-hybridized carbons (Fsp3) is 0.379. The molecule has 3 aromatic rings. The monoisotopic (exact) mass is 585 g/mol. The number of pyridine rings is 1. The molecule has 3 N–H and O–H groups in total. The van der Waals surface area contributed by atoms with E-state index in [2.05, 4.69) is 26.6 Å². The number of aromatic nitrogens is 1. The number of anilines is 3. The van der Waals surface area contributed by atoms with Crippen molar-refractivity contribution in [3.63, 3.8) is 0 Å². The predicted molar refractivity (Wildman–Crippen MR) is 159 cm³/mol. The van der Waals surface area contributed by atoms with Crippen molar-refractivity contribution in [2.45, 2.75) is 58.5 Å². The number of carbonyl (C=O) groups is 1. The molecule has 0 bridgehead atoms. The van der Waals surface area contributed by atoms with Gasteiger partial charge in [-0.05, 0) is 69.4 Å². The fourth-order valence-corrected chi connectivity index (χ4v) is 5.52. The van der Waals surface area contributed by atoms with Crippen LogP contribution in [0.2, 0.25) is 5.02 Å². The van der Waals surface area contributed by atoms with E-state index < -0.39 is 17.3 Å². The van der Waals surface area contributed by atoms with Crippen LogP contribution >= 0.6 is 23.7 Å². The molecule has 212 valence electrons. The normalized spacial score (nSPS) is 14.8. The second kappa shape index (κ2) is 11.7. The SMILES string of the molecule is CCN(SNc1cccc(Oc2c(C(=O)NC3CC3)c(Nc3ccc(C)cc3F)n(C)c(=O)c2C)c1Cl)C1CC1. The van der Waals surface area contributed by atoms with Gasteiger partial charge in [0.2, 0.25) is 0 Å². The van der Waals surface area contributed by atoms with E-state index in [0.29, 0.717) is 16.8 Å². The topological polar surface area (TPSA) is 87.6 Å². The third-order valence-electron chi connectivity index (χ3n) is 7.00. The number of amides is 1. The van der Waals surface area contributed by atoms with Crippen LogP contribution in [0.3, 0.4) is 0 Å². The van der Waals surface area contributed by atoms with Crippen LogP contribution < -0.4 is 25.7 Å². The Morgan fingerprint density at radius 1 is 1.18 bits per heavy atom. The summed E-state index contributed by atoms with van der Waals surface area (Å²) in [6, 6.07) is 10.6. The quantitative estimate of drug-likeness (QED) is 0.216. The van der Waals surface area contributed by atoms with Gasteiger partial charge in [0.05, 0.1) is 16.9 Å². The lowest BCUT2D eigenvalue weighted by atomic mass is 10.1. The van der Waals surface area contributed by atoms with Gasteiger partial charge in [0.25, 0.3) is 11.5 Å². The van der Waals surface area contributed by atoms with Gasteiger partial charge in [-0.25, -0.2) is 8.70 Å². The Kier molecular flexibility index (Phi) is 8.30. The van der Waals surface area contributed by atoms with Crippen LogP contribution in [0.25, 0.3) is 0 Å². The highest BCUT2D eigenvalue weighted by atomic mass is 35.5. The molecule has 0 atom stereocenters. The zero-order chi connectivity index (χ0) is 28.6. The van der Waals surface area contributed by atoms with Crippen molar-refractivity contribution in [2.75, 3.05) is 16.6 Å². The van der Waals surface area contributed by atoms with Crippen LogP contribution in [0.4, 0.5) is 21.6 Å². The summed E-state index contributed by atoms with van der Waals surface area (Å²) in [7, 11) is 1.54. The van der Waals surface area contributed by atoms with Crippen molar-refractivity contribution >= 4 is 46.8 Å². The van der Waals surface area contributed by atoms with Gasteiger partial charge < -0.3 is 20.1 Å². The van der Waals surface area contributed by atoms with Gasteiger partial charge in [-0.3, -0.25) is 14.2 Å². The molecule has 2 aliphatic rings. The molecule has 0 unspecified atom stereocenters. The number of nitrogens with zero attached hydrogens (tertiary/aromatic N) is 2. The van der Waals surface area contributed by atoms with Crippen LogP contribution in [-0.2, 0) is 7.05 Å². The zero-order valence-electron chi connectivity index (χ0n) is 22.9. The molecule has 0 radical (unpaired) electrons. The molecule has 2 saturated carbocycles. The first-order valence-electron chi connectivity index (χ1n) is 13.4. The Morgan fingerprint density at radius 3 is 2.58 bits per heavy atom. The first-order chi connectivity index (χ1) is 19.2. The molecule has 0 saturated heterocycles. The van der Waals surface area contributed by atoms with Crippen molar-refractivity contribution in [1.82, 2.24) is 14.2 Å². The van der Waals surface area contributed by atoms with Crippen molar-refractivity contribution in [3.8, 4) is 11.5 Å². The van der Waals surface area contributed by atoms with Gasteiger partial charge >= 0.3 is 0 Å². The molecule has 1 heterocycles.